The van der Waals surface area contributed by atoms with Crippen LogP contribution in [-0.2, 0) is 29.7 Å². The van der Waals surface area contributed by atoms with Gasteiger partial charge in [-0.2, -0.15) is 11.8 Å². The van der Waals surface area contributed by atoms with E-state index in [4.69, 9.17) is 9.47 Å². The molecule has 13 nitrogen and oxygen atoms in total. The van der Waals surface area contributed by atoms with Crippen molar-refractivity contribution in [2.75, 3.05) is 40.1 Å². The largest absolute Gasteiger partial charge is 0.496 e. The Bertz CT molecular complexity index is 1510. The highest BCUT2D eigenvalue weighted by Gasteiger charge is 2.36. The minimum absolute atomic E-state index is 0.0206. The monoisotopic (exact) mass is 640 g/mol. The summed E-state index contributed by atoms with van der Waals surface area (Å²) < 4.78 is 10.9. The van der Waals surface area contributed by atoms with E-state index in [-0.39, 0.29) is 40.2 Å². The van der Waals surface area contributed by atoms with Gasteiger partial charge >= 0.3 is 11.9 Å². The molecule has 0 saturated carbocycles. The van der Waals surface area contributed by atoms with E-state index >= 15 is 0 Å². The molecule has 45 heavy (non-hydrogen) atoms. The molecule has 0 radical (unpaired) electrons. The second kappa shape index (κ2) is 14.5. The summed E-state index contributed by atoms with van der Waals surface area (Å²) in [6.45, 7) is 1.26. The lowest BCUT2D eigenvalue weighted by Crippen LogP contribution is -2.58. The summed E-state index contributed by atoms with van der Waals surface area (Å²) in [5, 5.41) is 14.8. The topological polar surface area (TPSA) is 172 Å². The van der Waals surface area contributed by atoms with Crippen molar-refractivity contribution in [1.82, 2.24) is 20.4 Å². The third kappa shape index (κ3) is 7.56. The average molecular weight is 641 g/mol. The van der Waals surface area contributed by atoms with Crippen molar-refractivity contribution in [2.45, 2.75) is 43.6 Å². The Morgan fingerprint density at radius 2 is 1.87 bits per heavy atom. The fraction of sp³-hybridized carbons (Fsp3) is 0.419. The standard InChI is InChI=1S/C31H36N4O9S/c1-17(36)35-12-6-9-25(35)28(38)32-23-14-44-31(42)20-8-5-7-19(18-10-11-21(30(40)41)26(13-18)43-4)22(20)15-45-16-24(33-27(23)37)29(39)34(2)3/h5,7-8,10-11,13,23-25H,6,9,12,14-16H2,1-4H3,(H,32,38)(H,33,37)(H,40,41)/t23-,24-,25+/m1/s1. The molecule has 4 amide bonds. The molecule has 0 aliphatic carbocycles. The van der Waals surface area contributed by atoms with Gasteiger partial charge in [0.05, 0.1) is 12.7 Å². The molecular formula is C31H36N4O9S. The van der Waals surface area contributed by atoms with Crippen LogP contribution in [0.4, 0.5) is 0 Å². The van der Waals surface area contributed by atoms with Crippen LogP contribution in [0, 0.1) is 0 Å². The number of cyclic esters (lactones) is 1. The Labute approximate surface area is 264 Å². The van der Waals surface area contributed by atoms with E-state index in [2.05, 4.69) is 10.6 Å². The first-order valence-corrected chi connectivity index (χ1v) is 15.5. The number of carboxylic acid groups (broad SMARTS) is 1. The molecular weight excluding hydrogens is 604 g/mol. The molecule has 0 bridgehead atoms. The summed E-state index contributed by atoms with van der Waals surface area (Å²) in [7, 11) is 4.49. The highest BCUT2D eigenvalue weighted by molar-refractivity contribution is 7.98. The van der Waals surface area contributed by atoms with Gasteiger partial charge in [-0.1, -0.05) is 18.2 Å². The van der Waals surface area contributed by atoms with Crippen LogP contribution in [0.25, 0.3) is 11.1 Å². The van der Waals surface area contributed by atoms with Crippen LogP contribution in [0.1, 0.15) is 46.0 Å². The number of methoxy groups -OCH3 is 1. The predicted molar refractivity (Wildman–Crippen MR) is 165 cm³/mol. The SMILES string of the molecule is COc1cc(-c2cccc3c2CSC[C@H](C(=O)N(C)C)NC(=O)[C@H](NC(=O)[C@@H]2CCCN2C(C)=O)COC3=O)ccc1C(=O)O. The molecule has 2 aliphatic heterocycles. The van der Waals surface area contributed by atoms with E-state index in [0.717, 1.165) is 0 Å². The quantitative estimate of drug-likeness (QED) is 0.394. The number of aromatic carboxylic acids is 1. The smallest absolute Gasteiger partial charge is 0.339 e. The number of hydrogen-bond donors (Lipinski definition) is 3. The van der Waals surface area contributed by atoms with Gasteiger partial charge in [0.1, 0.15) is 36.0 Å². The van der Waals surface area contributed by atoms with Crippen LogP contribution in [0.2, 0.25) is 0 Å². The van der Waals surface area contributed by atoms with Gasteiger partial charge in [-0.15, -0.1) is 0 Å². The summed E-state index contributed by atoms with van der Waals surface area (Å²) in [6.07, 6.45) is 1.05. The van der Waals surface area contributed by atoms with E-state index in [9.17, 15) is 33.9 Å². The lowest BCUT2D eigenvalue weighted by molar-refractivity contribution is -0.139. The molecule has 1 fully saturated rings. The molecule has 0 spiro atoms. The minimum Gasteiger partial charge on any atom is -0.496 e. The summed E-state index contributed by atoms with van der Waals surface area (Å²) >= 11 is 1.31. The van der Waals surface area contributed by atoms with Gasteiger partial charge < -0.3 is 35.0 Å². The molecule has 240 valence electrons. The van der Waals surface area contributed by atoms with Crippen LogP contribution < -0.4 is 15.4 Å². The van der Waals surface area contributed by atoms with Gasteiger partial charge in [-0.05, 0) is 47.7 Å². The minimum atomic E-state index is -1.34. The molecule has 0 unspecified atom stereocenters. The summed E-state index contributed by atoms with van der Waals surface area (Å²) in [5.41, 5.74) is 1.98. The molecule has 2 aromatic carbocycles. The summed E-state index contributed by atoms with van der Waals surface area (Å²) in [6, 6.07) is 6.56. The predicted octanol–water partition coefficient (Wildman–Crippen LogP) is 1.53. The number of thioether (sulfide) groups is 1. The maximum Gasteiger partial charge on any atom is 0.339 e. The van der Waals surface area contributed by atoms with Crippen LogP contribution in [-0.4, -0.2) is 109 Å². The number of fused-ring (bicyclic) bond motifs is 1. The highest BCUT2D eigenvalue weighted by atomic mass is 32.2. The summed E-state index contributed by atoms with van der Waals surface area (Å²) in [5.74, 6) is -3.24. The van der Waals surface area contributed by atoms with Gasteiger partial charge in [0, 0.05) is 39.1 Å². The number of amides is 4. The first-order chi connectivity index (χ1) is 21.4. The lowest BCUT2D eigenvalue weighted by atomic mass is 9.95. The number of hydrogen-bond acceptors (Lipinski definition) is 9. The number of carboxylic acids is 1. The number of ether oxygens (including phenoxy) is 2. The average Bonchev–Trinajstić information content (AvgIpc) is 3.52. The Kier molecular flexibility index (Phi) is 10.7. The maximum absolute atomic E-state index is 13.5. The number of likely N-dealkylation sites (N-methyl/N-ethyl adjacent to an activating group) is 1. The number of rotatable bonds is 6. The Balaban J connectivity index is 1.70. The van der Waals surface area contributed by atoms with Gasteiger partial charge in [0.25, 0.3) is 0 Å². The van der Waals surface area contributed by atoms with Gasteiger partial charge in [0.2, 0.25) is 23.6 Å². The van der Waals surface area contributed by atoms with Crippen LogP contribution in [0.3, 0.4) is 0 Å². The van der Waals surface area contributed by atoms with Gasteiger partial charge in [-0.3, -0.25) is 19.2 Å². The highest BCUT2D eigenvalue weighted by Crippen LogP contribution is 2.34. The van der Waals surface area contributed by atoms with E-state index in [1.54, 1.807) is 44.4 Å². The number of benzene rings is 2. The molecule has 0 aromatic heterocycles. The summed E-state index contributed by atoms with van der Waals surface area (Å²) in [4.78, 5) is 79.7. The van der Waals surface area contributed by atoms with Gasteiger partial charge in [-0.25, -0.2) is 9.59 Å². The third-order valence-corrected chi connectivity index (χ3v) is 8.76. The van der Waals surface area contributed by atoms with Crippen molar-refractivity contribution in [3.63, 3.8) is 0 Å². The molecule has 14 heteroatoms. The van der Waals surface area contributed by atoms with Crippen molar-refractivity contribution >= 4 is 47.3 Å². The second-order valence-electron chi connectivity index (χ2n) is 10.9. The molecule has 1 saturated heterocycles. The molecule has 2 aliphatic rings. The zero-order chi connectivity index (χ0) is 32.8. The number of esters is 1. The van der Waals surface area contributed by atoms with Crippen molar-refractivity contribution in [3.8, 4) is 16.9 Å². The Morgan fingerprint density at radius 1 is 1.13 bits per heavy atom. The number of carbonyl (C=O) groups is 6. The van der Waals surface area contributed by atoms with Crippen molar-refractivity contribution in [3.05, 3.63) is 53.1 Å². The second-order valence-corrected chi connectivity index (χ2v) is 11.9. The van der Waals surface area contributed by atoms with E-state index in [0.29, 0.717) is 36.1 Å². The zero-order valence-electron chi connectivity index (χ0n) is 25.5. The first-order valence-electron chi connectivity index (χ1n) is 14.3. The number of carbonyl (C=O) groups excluding carboxylic acids is 5. The lowest BCUT2D eigenvalue weighted by Gasteiger charge is -2.28. The van der Waals surface area contributed by atoms with Crippen LogP contribution >= 0.6 is 11.8 Å². The fourth-order valence-corrected chi connectivity index (χ4v) is 6.48. The van der Waals surface area contributed by atoms with Crippen molar-refractivity contribution in [2.24, 2.45) is 0 Å². The maximum atomic E-state index is 13.5. The van der Waals surface area contributed by atoms with Gasteiger partial charge in [0.15, 0.2) is 0 Å². The molecule has 3 N–H and O–H groups in total. The number of nitrogens with zero attached hydrogens (tertiary/aromatic N) is 2. The Morgan fingerprint density at radius 3 is 2.53 bits per heavy atom. The molecule has 2 heterocycles. The molecule has 3 atom stereocenters. The molecule has 2 aromatic rings. The number of nitrogens with one attached hydrogen (secondary N) is 2. The van der Waals surface area contributed by atoms with E-state index in [1.807, 2.05) is 0 Å². The zero-order valence-corrected chi connectivity index (χ0v) is 26.3. The van der Waals surface area contributed by atoms with Crippen LogP contribution in [0.5, 0.6) is 5.75 Å². The first kappa shape index (κ1) is 33.3. The number of likely N-dealkylation sites (tertiary alicyclic amines) is 1. The van der Waals surface area contributed by atoms with Crippen molar-refractivity contribution < 1.29 is 43.3 Å². The third-order valence-electron chi connectivity index (χ3n) is 7.70. The Hall–Kier alpha value is -4.59. The molecule has 4 rings (SSSR count). The van der Waals surface area contributed by atoms with Crippen LogP contribution in [0.15, 0.2) is 36.4 Å². The van der Waals surface area contributed by atoms with Crippen molar-refractivity contribution in [1.29, 1.82) is 0 Å². The van der Waals surface area contributed by atoms with E-state index < -0.39 is 48.5 Å². The van der Waals surface area contributed by atoms with E-state index in [1.165, 1.54) is 41.7 Å². The fourth-order valence-electron chi connectivity index (χ4n) is 5.38. The normalized spacial score (nSPS) is 20.4.